The number of nitrogens with one attached hydrogen (secondary N) is 2. The van der Waals surface area contributed by atoms with E-state index in [0.717, 1.165) is 17.5 Å². The average Bonchev–Trinajstić information content (AvgIpc) is 3.36. The SMILES string of the molecule is Cn1nc(C(=O)NC[C@@](C)(Cc2c(F)cc(F)cc2F)C2CC2)[nH]c1=O. The van der Waals surface area contributed by atoms with Gasteiger partial charge in [0.25, 0.3) is 5.91 Å². The maximum atomic E-state index is 14.0. The number of rotatable bonds is 6. The van der Waals surface area contributed by atoms with Crippen LogP contribution in [0.3, 0.4) is 0 Å². The van der Waals surface area contributed by atoms with E-state index in [2.05, 4.69) is 15.4 Å². The number of aromatic amines is 1. The highest BCUT2D eigenvalue weighted by Gasteiger charge is 2.42. The number of amides is 1. The highest BCUT2D eigenvalue weighted by atomic mass is 19.1. The van der Waals surface area contributed by atoms with Gasteiger partial charge in [-0.15, -0.1) is 5.10 Å². The van der Waals surface area contributed by atoms with Crippen LogP contribution in [0.25, 0.3) is 0 Å². The fourth-order valence-electron chi connectivity index (χ4n) is 3.15. The number of carbonyl (C=O) groups is 1. The Morgan fingerprint density at radius 2 is 1.96 bits per heavy atom. The zero-order valence-electron chi connectivity index (χ0n) is 14.4. The summed E-state index contributed by atoms with van der Waals surface area (Å²) in [6, 6.07) is 1.31. The molecule has 1 aliphatic carbocycles. The molecule has 26 heavy (non-hydrogen) atoms. The smallest absolute Gasteiger partial charge is 0.343 e. The number of hydrogen-bond acceptors (Lipinski definition) is 3. The summed E-state index contributed by atoms with van der Waals surface area (Å²) < 4.78 is 42.1. The molecule has 1 aliphatic rings. The minimum atomic E-state index is -0.968. The molecule has 1 atom stereocenters. The Hall–Kier alpha value is -2.58. The van der Waals surface area contributed by atoms with Crippen molar-refractivity contribution in [2.24, 2.45) is 18.4 Å². The van der Waals surface area contributed by atoms with E-state index in [9.17, 15) is 22.8 Å². The third-order valence-electron chi connectivity index (χ3n) is 4.89. The second-order valence-corrected chi connectivity index (χ2v) is 7.04. The Morgan fingerprint density at radius 1 is 1.35 bits per heavy atom. The molecule has 9 heteroatoms. The topological polar surface area (TPSA) is 79.8 Å². The molecule has 1 aromatic carbocycles. The van der Waals surface area contributed by atoms with Gasteiger partial charge in [0.15, 0.2) is 0 Å². The lowest BCUT2D eigenvalue weighted by atomic mass is 9.78. The number of benzene rings is 1. The zero-order chi connectivity index (χ0) is 19.1. The number of H-pyrrole nitrogens is 1. The third kappa shape index (κ3) is 3.66. The second kappa shape index (κ2) is 6.62. The van der Waals surface area contributed by atoms with Gasteiger partial charge in [0.05, 0.1) is 0 Å². The first-order chi connectivity index (χ1) is 12.2. The van der Waals surface area contributed by atoms with Gasteiger partial charge in [0.1, 0.15) is 17.5 Å². The molecule has 0 aliphatic heterocycles. The summed E-state index contributed by atoms with van der Waals surface area (Å²) in [4.78, 5) is 25.9. The molecular formula is C17H19F3N4O2. The Labute approximate surface area is 147 Å². The normalized spacial score (nSPS) is 16.3. The van der Waals surface area contributed by atoms with E-state index in [4.69, 9.17) is 0 Å². The summed E-state index contributed by atoms with van der Waals surface area (Å²) in [5, 5.41) is 6.44. The zero-order valence-corrected chi connectivity index (χ0v) is 14.4. The number of carbonyl (C=O) groups excluding carboxylic acids is 1. The van der Waals surface area contributed by atoms with Crippen LogP contribution in [0, 0.1) is 28.8 Å². The second-order valence-electron chi connectivity index (χ2n) is 7.04. The van der Waals surface area contributed by atoms with Gasteiger partial charge in [-0.3, -0.25) is 9.78 Å². The average molecular weight is 368 g/mol. The lowest BCUT2D eigenvalue weighted by molar-refractivity contribution is 0.0915. The Morgan fingerprint density at radius 3 is 2.46 bits per heavy atom. The molecule has 1 heterocycles. The van der Waals surface area contributed by atoms with Gasteiger partial charge in [0.2, 0.25) is 5.82 Å². The summed E-state index contributed by atoms with van der Waals surface area (Å²) >= 11 is 0. The molecule has 1 aromatic heterocycles. The first-order valence-electron chi connectivity index (χ1n) is 8.24. The highest BCUT2D eigenvalue weighted by Crippen LogP contribution is 2.47. The predicted molar refractivity (Wildman–Crippen MR) is 87.0 cm³/mol. The molecule has 2 N–H and O–H groups in total. The standard InChI is InChI=1S/C17H19F3N4O2/c1-17(9-3-4-9,7-11-12(19)5-10(18)6-13(11)20)8-21-15(25)14-22-16(26)24(2)23-14/h5-6,9H,3-4,7-8H2,1-2H3,(H,21,25)(H,22,23,26)/t17-/m1/s1. The van der Waals surface area contributed by atoms with E-state index in [1.807, 2.05) is 6.92 Å². The van der Waals surface area contributed by atoms with Crippen molar-refractivity contribution >= 4 is 5.91 Å². The molecule has 6 nitrogen and oxygen atoms in total. The van der Waals surface area contributed by atoms with Crippen molar-refractivity contribution in [2.75, 3.05) is 6.54 Å². The summed E-state index contributed by atoms with van der Waals surface area (Å²) in [6.45, 7) is 1.97. The van der Waals surface area contributed by atoms with Gasteiger partial charge in [0, 0.05) is 31.3 Å². The summed E-state index contributed by atoms with van der Waals surface area (Å²) in [7, 11) is 1.41. The molecular weight excluding hydrogens is 349 g/mol. The summed E-state index contributed by atoms with van der Waals surface area (Å²) in [6.07, 6.45) is 1.79. The molecule has 0 bridgehead atoms. The number of hydrogen-bond donors (Lipinski definition) is 2. The van der Waals surface area contributed by atoms with Crippen molar-refractivity contribution in [3.63, 3.8) is 0 Å². The van der Waals surface area contributed by atoms with Gasteiger partial charge < -0.3 is 5.32 Å². The fraction of sp³-hybridized carbons (Fsp3) is 0.471. The van der Waals surface area contributed by atoms with Gasteiger partial charge in [-0.05, 0) is 30.6 Å². The van der Waals surface area contributed by atoms with Crippen LogP contribution in [0.1, 0.15) is 35.9 Å². The van der Waals surface area contributed by atoms with Crippen molar-refractivity contribution in [1.29, 1.82) is 0 Å². The number of halogens is 3. The largest absolute Gasteiger partial charge is 0.349 e. The van der Waals surface area contributed by atoms with Crippen LogP contribution >= 0.6 is 0 Å². The van der Waals surface area contributed by atoms with Crippen molar-refractivity contribution in [2.45, 2.75) is 26.2 Å². The van der Waals surface area contributed by atoms with Crippen molar-refractivity contribution < 1.29 is 18.0 Å². The first kappa shape index (κ1) is 18.2. The Balaban J connectivity index is 1.76. The van der Waals surface area contributed by atoms with E-state index in [0.29, 0.717) is 12.1 Å². The first-order valence-corrected chi connectivity index (χ1v) is 8.24. The highest BCUT2D eigenvalue weighted by molar-refractivity contribution is 5.90. The minimum Gasteiger partial charge on any atom is -0.349 e. The molecule has 1 saturated carbocycles. The van der Waals surface area contributed by atoms with Crippen LogP contribution < -0.4 is 11.0 Å². The van der Waals surface area contributed by atoms with Crippen molar-refractivity contribution in [3.05, 3.63) is 51.5 Å². The molecule has 0 saturated heterocycles. The lowest BCUT2D eigenvalue weighted by Crippen LogP contribution is -2.39. The van der Waals surface area contributed by atoms with Crippen LogP contribution in [-0.2, 0) is 13.5 Å². The molecule has 140 valence electrons. The molecule has 0 unspecified atom stereocenters. The Bertz CT molecular complexity index is 881. The number of nitrogens with zero attached hydrogens (tertiary/aromatic N) is 2. The molecule has 2 aromatic rings. The predicted octanol–water partition coefficient (Wildman–Crippen LogP) is 1.91. The van der Waals surface area contributed by atoms with Crippen LogP contribution in [0.4, 0.5) is 13.2 Å². The van der Waals surface area contributed by atoms with E-state index in [-0.39, 0.29) is 30.3 Å². The van der Waals surface area contributed by atoms with Gasteiger partial charge in [-0.25, -0.2) is 22.6 Å². The summed E-state index contributed by atoms with van der Waals surface area (Å²) in [5.41, 5.74) is -1.32. The molecule has 0 radical (unpaired) electrons. The van der Waals surface area contributed by atoms with E-state index in [1.165, 1.54) is 7.05 Å². The van der Waals surface area contributed by atoms with Crippen molar-refractivity contribution in [3.8, 4) is 0 Å². The number of aryl methyl sites for hydroxylation is 1. The maximum Gasteiger partial charge on any atom is 0.343 e. The molecule has 1 amide bonds. The Kier molecular flexibility index (Phi) is 4.64. The van der Waals surface area contributed by atoms with Gasteiger partial charge >= 0.3 is 5.69 Å². The third-order valence-corrected chi connectivity index (χ3v) is 4.89. The molecule has 1 fully saturated rings. The minimum absolute atomic E-state index is 0.0225. The van der Waals surface area contributed by atoms with E-state index in [1.54, 1.807) is 0 Å². The number of aromatic nitrogens is 3. The maximum absolute atomic E-state index is 14.0. The fourth-order valence-corrected chi connectivity index (χ4v) is 3.15. The quantitative estimate of drug-likeness (QED) is 0.818. The van der Waals surface area contributed by atoms with Crippen molar-refractivity contribution in [1.82, 2.24) is 20.1 Å². The van der Waals surface area contributed by atoms with Crippen LogP contribution in [-0.4, -0.2) is 27.2 Å². The van der Waals surface area contributed by atoms with Crippen LogP contribution in [0.2, 0.25) is 0 Å². The van der Waals surface area contributed by atoms with Gasteiger partial charge in [-0.2, -0.15) is 0 Å². The molecule has 3 rings (SSSR count). The summed E-state index contributed by atoms with van der Waals surface area (Å²) in [5.74, 6) is -3.35. The molecule has 0 spiro atoms. The monoisotopic (exact) mass is 368 g/mol. The van der Waals surface area contributed by atoms with Crippen LogP contribution in [0.15, 0.2) is 16.9 Å². The van der Waals surface area contributed by atoms with Crippen LogP contribution in [0.5, 0.6) is 0 Å². The van der Waals surface area contributed by atoms with E-state index < -0.39 is 34.5 Å². The van der Waals surface area contributed by atoms with Gasteiger partial charge in [-0.1, -0.05) is 6.92 Å². The van der Waals surface area contributed by atoms with E-state index >= 15 is 0 Å². The lowest BCUT2D eigenvalue weighted by Gasteiger charge is -2.30.